The first kappa shape index (κ1) is 7.25. The number of nitrogens with zero attached hydrogens (tertiary/aromatic N) is 2. The summed E-state index contributed by atoms with van der Waals surface area (Å²) in [4.78, 5) is 11.0. The molecule has 3 nitrogen and oxygen atoms in total. The molecule has 0 spiro atoms. The fourth-order valence-electron chi connectivity index (χ4n) is 0.918. The van der Waals surface area contributed by atoms with Gasteiger partial charge in [0.25, 0.3) is 0 Å². The van der Waals surface area contributed by atoms with Gasteiger partial charge in [0.15, 0.2) is 0 Å². The summed E-state index contributed by atoms with van der Waals surface area (Å²) >= 11 is 0. The second-order valence-electron chi connectivity index (χ2n) is 2.46. The highest BCUT2D eigenvalue weighted by Crippen LogP contribution is 2.04. The molecule has 1 heterocycles. The first-order chi connectivity index (χ1) is 4.80. The van der Waals surface area contributed by atoms with E-state index in [0.717, 1.165) is 19.3 Å². The Morgan fingerprint density at radius 3 is 3.20 bits per heavy atom. The van der Waals surface area contributed by atoms with Crippen molar-refractivity contribution < 1.29 is 4.79 Å². The molecule has 0 bridgehead atoms. The van der Waals surface area contributed by atoms with Gasteiger partial charge < -0.3 is 0 Å². The Bertz CT molecular complexity index is 154. The van der Waals surface area contributed by atoms with Gasteiger partial charge in [0.2, 0.25) is 5.91 Å². The molecule has 0 radical (unpaired) electrons. The molecule has 0 aromatic carbocycles. The molecule has 1 amide bonds. The molecule has 0 unspecified atom stereocenters. The van der Waals surface area contributed by atoms with Crippen LogP contribution in [0.3, 0.4) is 0 Å². The van der Waals surface area contributed by atoms with Gasteiger partial charge in [0.1, 0.15) is 0 Å². The van der Waals surface area contributed by atoms with Gasteiger partial charge in [0, 0.05) is 19.7 Å². The van der Waals surface area contributed by atoms with Crippen LogP contribution in [-0.2, 0) is 4.79 Å². The van der Waals surface area contributed by atoms with Crippen LogP contribution in [0.15, 0.2) is 5.10 Å². The van der Waals surface area contributed by atoms with E-state index in [-0.39, 0.29) is 5.91 Å². The fraction of sp³-hybridized carbons (Fsp3) is 0.714. The van der Waals surface area contributed by atoms with E-state index in [1.54, 1.807) is 13.3 Å². The Morgan fingerprint density at radius 2 is 2.40 bits per heavy atom. The van der Waals surface area contributed by atoms with Crippen LogP contribution >= 0.6 is 0 Å². The molecule has 10 heavy (non-hydrogen) atoms. The minimum atomic E-state index is 0.121. The summed E-state index contributed by atoms with van der Waals surface area (Å²) in [6, 6.07) is 0. The van der Waals surface area contributed by atoms with E-state index in [1.807, 2.05) is 0 Å². The number of hydrogen-bond donors (Lipinski definition) is 0. The van der Waals surface area contributed by atoms with Gasteiger partial charge in [-0.05, 0) is 19.3 Å². The Kier molecular flexibility index (Phi) is 2.42. The molecule has 0 N–H and O–H groups in total. The summed E-state index contributed by atoms with van der Waals surface area (Å²) in [6.45, 7) is 0. The van der Waals surface area contributed by atoms with Crippen molar-refractivity contribution in [3.05, 3.63) is 0 Å². The fourth-order valence-corrected chi connectivity index (χ4v) is 0.918. The lowest BCUT2D eigenvalue weighted by Gasteiger charge is -2.12. The average Bonchev–Trinajstić information content (AvgIpc) is 1.92. The van der Waals surface area contributed by atoms with Crippen LogP contribution in [0, 0.1) is 0 Å². The number of amides is 1. The number of carbonyl (C=O) groups is 1. The third kappa shape index (κ3) is 1.83. The molecular formula is C7H12N2O. The molecule has 1 aliphatic rings. The van der Waals surface area contributed by atoms with E-state index in [2.05, 4.69) is 5.10 Å². The number of hydrogen-bond acceptors (Lipinski definition) is 2. The van der Waals surface area contributed by atoms with E-state index in [0.29, 0.717) is 6.42 Å². The molecule has 0 fully saturated rings. The van der Waals surface area contributed by atoms with Crippen LogP contribution in [0.1, 0.15) is 25.7 Å². The van der Waals surface area contributed by atoms with Crippen molar-refractivity contribution in [3.63, 3.8) is 0 Å². The maximum atomic E-state index is 11.0. The van der Waals surface area contributed by atoms with Crippen LogP contribution in [-0.4, -0.2) is 24.2 Å². The molecule has 0 aromatic heterocycles. The van der Waals surface area contributed by atoms with Gasteiger partial charge in [-0.3, -0.25) is 4.79 Å². The molecule has 3 heteroatoms. The third-order valence-corrected chi connectivity index (χ3v) is 1.59. The van der Waals surface area contributed by atoms with E-state index < -0.39 is 0 Å². The Balaban J connectivity index is 2.53. The van der Waals surface area contributed by atoms with Crippen LogP contribution in [0.5, 0.6) is 0 Å². The molecule has 1 aliphatic heterocycles. The molecular weight excluding hydrogens is 128 g/mol. The van der Waals surface area contributed by atoms with Crippen LogP contribution in [0.4, 0.5) is 0 Å². The lowest BCUT2D eigenvalue weighted by Crippen LogP contribution is -2.21. The monoisotopic (exact) mass is 140 g/mol. The first-order valence-electron chi connectivity index (χ1n) is 3.59. The van der Waals surface area contributed by atoms with Gasteiger partial charge in [-0.15, -0.1) is 0 Å². The number of hydrazone groups is 1. The van der Waals surface area contributed by atoms with Gasteiger partial charge in [-0.25, -0.2) is 5.01 Å². The van der Waals surface area contributed by atoms with Crippen LogP contribution in [0.25, 0.3) is 0 Å². The molecule has 0 saturated carbocycles. The van der Waals surface area contributed by atoms with Gasteiger partial charge in [-0.2, -0.15) is 5.10 Å². The van der Waals surface area contributed by atoms with Gasteiger partial charge in [0.05, 0.1) is 0 Å². The van der Waals surface area contributed by atoms with Gasteiger partial charge in [-0.1, -0.05) is 0 Å². The molecule has 1 rings (SSSR count). The predicted molar refractivity (Wildman–Crippen MR) is 39.7 cm³/mol. The summed E-state index contributed by atoms with van der Waals surface area (Å²) < 4.78 is 0. The lowest BCUT2D eigenvalue weighted by molar-refractivity contribution is -0.130. The maximum Gasteiger partial charge on any atom is 0.242 e. The molecule has 56 valence electrons. The minimum absolute atomic E-state index is 0.121. The zero-order valence-corrected chi connectivity index (χ0v) is 6.21. The standard InChI is InChI=1S/C7H12N2O/c1-9-7(10)5-3-2-4-6-8-9/h6H,2-5H2,1H3. The Labute approximate surface area is 60.7 Å². The first-order valence-corrected chi connectivity index (χ1v) is 3.59. The van der Waals surface area contributed by atoms with E-state index in [9.17, 15) is 4.79 Å². The van der Waals surface area contributed by atoms with Crippen LogP contribution in [0.2, 0.25) is 0 Å². The average molecular weight is 140 g/mol. The SMILES string of the molecule is CN1N=CCCCCC1=O. The second-order valence-corrected chi connectivity index (χ2v) is 2.46. The minimum Gasteiger partial charge on any atom is -0.273 e. The van der Waals surface area contributed by atoms with Crippen molar-refractivity contribution in [2.75, 3.05) is 7.05 Å². The summed E-state index contributed by atoms with van der Waals surface area (Å²) in [5.74, 6) is 0.121. The number of rotatable bonds is 0. The van der Waals surface area contributed by atoms with E-state index >= 15 is 0 Å². The second kappa shape index (κ2) is 3.34. The van der Waals surface area contributed by atoms with Crippen molar-refractivity contribution in [1.82, 2.24) is 5.01 Å². The maximum absolute atomic E-state index is 11.0. The molecule has 0 saturated heterocycles. The third-order valence-electron chi connectivity index (χ3n) is 1.59. The highest BCUT2D eigenvalue weighted by Gasteiger charge is 2.07. The highest BCUT2D eigenvalue weighted by atomic mass is 16.2. The van der Waals surface area contributed by atoms with Crippen molar-refractivity contribution in [1.29, 1.82) is 0 Å². The predicted octanol–water partition coefficient (Wildman–Crippen LogP) is 1.00. The molecule has 0 atom stereocenters. The topological polar surface area (TPSA) is 32.7 Å². The summed E-state index contributed by atoms with van der Waals surface area (Å²) in [5.41, 5.74) is 0. The highest BCUT2D eigenvalue weighted by molar-refractivity contribution is 5.77. The normalized spacial score (nSPS) is 20.5. The smallest absolute Gasteiger partial charge is 0.242 e. The summed E-state index contributed by atoms with van der Waals surface area (Å²) in [5, 5.41) is 5.34. The van der Waals surface area contributed by atoms with Crippen molar-refractivity contribution in [2.24, 2.45) is 5.10 Å². The largest absolute Gasteiger partial charge is 0.273 e. The van der Waals surface area contributed by atoms with E-state index in [1.165, 1.54) is 5.01 Å². The molecule has 0 aliphatic carbocycles. The van der Waals surface area contributed by atoms with Crippen molar-refractivity contribution in [3.8, 4) is 0 Å². The van der Waals surface area contributed by atoms with E-state index in [4.69, 9.17) is 0 Å². The Morgan fingerprint density at radius 1 is 1.60 bits per heavy atom. The zero-order chi connectivity index (χ0) is 7.40. The zero-order valence-electron chi connectivity index (χ0n) is 6.21. The lowest BCUT2D eigenvalue weighted by atomic mass is 10.2. The summed E-state index contributed by atoms with van der Waals surface area (Å²) in [7, 11) is 1.70. The molecule has 0 aromatic rings. The Hall–Kier alpha value is -0.860. The van der Waals surface area contributed by atoms with Gasteiger partial charge >= 0.3 is 0 Å². The number of carbonyl (C=O) groups excluding carboxylic acids is 1. The quantitative estimate of drug-likeness (QED) is 0.494. The van der Waals surface area contributed by atoms with Crippen LogP contribution < -0.4 is 0 Å². The summed E-state index contributed by atoms with van der Waals surface area (Å²) in [6.07, 6.45) is 5.53. The van der Waals surface area contributed by atoms with Crippen molar-refractivity contribution in [2.45, 2.75) is 25.7 Å². The van der Waals surface area contributed by atoms with Crippen molar-refractivity contribution >= 4 is 12.1 Å².